The molecule has 1 saturated carbocycles. The number of nitrogens with zero attached hydrogens (tertiary/aromatic N) is 1. The van der Waals surface area contributed by atoms with Crippen molar-refractivity contribution < 1.29 is 19.8 Å². The first-order chi connectivity index (χ1) is 11.0. The molecular weight excluding hydrogens is 316 g/mol. The van der Waals surface area contributed by atoms with Gasteiger partial charge in [0.15, 0.2) is 5.17 Å². The number of carbonyl (C=O) groups excluding carboxylic acids is 1. The summed E-state index contributed by atoms with van der Waals surface area (Å²) >= 11 is 1.27. The Bertz CT molecular complexity index is 721. The predicted molar refractivity (Wildman–Crippen MR) is 88.5 cm³/mol. The molecule has 6 nitrogen and oxygen atoms in total. The highest BCUT2D eigenvalue weighted by atomic mass is 32.2. The fraction of sp³-hybridized carbons (Fsp3) is 0.312. The Balaban J connectivity index is 1.78. The van der Waals surface area contributed by atoms with Crippen molar-refractivity contribution in [1.82, 2.24) is 5.32 Å². The van der Waals surface area contributed by atoms with Crippen molar-refractivity contribution in [2.24, 2.45) is 4.99 Å². The molecule has 7 heteroatoms. The third kappa shape index (κ3) is 3.56. The van der Waals surface area contributed by atoms with Gasteiger partial charge < -0.3 is 15.5 Å². The van der Waals surface area contributed by atoms with E-state index < -0.39 is 5.97 Å². The minimum Gasteiger partial charge on any atom is -0.507 e. The number of carboxylic acids is 1. The molecule has 0 aromatic heterocycles. The zero-order chi connectivity index (χ0) is 16.4. The normalized spacial score (nSPS) is 22.0. The van der Waals surface area contributed by atoms with Gasteiger partial charge in [0.25, 0.3) is 5.91 Å². The summed E-state index contributed by atoms with van der Waals surface area (Å²) in [6.07, 6.45) is 6.09. The number of phenols is 1. The lowest BCUT2D eigenvalue weighted by atomic mass is 10.1. The summed E-state index contributed by atoms with van der Waals surface area (Å²) < 4.78 is 0. The smallest absolute Gasteiger partial charge is 0.339 e. The molecule has 0 atom stereocenters. The molecule has 120 valence electrons. The van der Waals surface area contributed by atoms with Crippen molar-refractivity contribution in [1.29, 1.82) is 0 Å². The summed E-state index contributed by atoms with van der Waals surface area (Å²) in [6, 6.07) is 4.48. The molecule has 0 bridgehead atoms. The number of aromatic carboxylic acids is 1. The van der Waals surface area contributed by atoms with Crippen LogP contribution in [0.3, 0.4) is 0 Å². The van der Waals surface area contributed by atoms with E-state index >= 15 is 0 Å². The maximum Gasteiger partial charge on any atom is 0.339 e. The van der Waals surface area contributed by atoms with Gasteiger partial charge in [-0.05, 0) is 48.4 Å². The van der Waals surface area contributed by atoms with Gasteiger partial charge in [0.2, 0.25) is 0 Å². The second-order valence-corrected chi connectivity index (χ2v) is 6.55. The molecule has 3 rings (SSSR count). The van der Waals surface area contributed by atoms with E-state index in [1.165, 1.54) is 36.7 Å². The van der Waals surface area contributed by atoms with Gasteiger partial charge in [-0.2, -0.15) is 0 Å². The summed E-state index contributed by atoms with van der Waals surface area (Å²) in [7, 11) is 0. The second kappa shape index (κ2) is 6.45. The zero-order valence-corrected chi connectivity index (χ0v) is 13.1. The van der Waals surface area contributed by atoms with Crippen LogP contribution >= 0.6 is 11.8 Å². The van der Waals surface area contributed by atoms with Gasteiger partial charge in [0.05, 0.1) is 10.9 Å². The minimum atomic E-state index is -1.19. The maximum absolute atomic E-state index is 12.0. The van der Waals surface area contributed by atoms with Crippen LogP contribution in [0.25, 0.3) is 6.08 Å². The van der Waals surface area contributed by atoms with Crippen molar-refractivity contribution >= 4 is 34.9 Å². The van der Waals surface area contributed by atoms with Crippen LogP contribution in [-0.2, 0) is 4.79 Å². The molecule has 2 fully saturated rings. The second-order valence-electron chi connectivity index (χ2n) is 5.52. The standard InChI is InChI=1S/C16H16N2O4S/c19-12-7-9(5-6-11(12)15(21)22)8-13-14(20)18-16(23-13)17-10-3-1-2-4-10/h5-8,10,19H,1-4H2,(H,21,22)(H,17,18,20)/b13-8+. The van der Waals surface area contributed by atoms with Gasteiger partial charge in [0.1, 0.15) is 11.3 Å². The molecule has 0 radical (unpaired) electrons. The summed E-state index contributed by atoms with van der Waals surface area (Å²) in [5.74, 6) is -1.75. The molecule has 3 N–H and O–H groups in total. The molecule has 0 unspecified atom stereocenters. The molecule has 1 aliphatic carbocycles. The Morgan fingerprint density at radius 3 is 2.74 bits per heavy atom. The van der Waals surface area contributed by atoms with Gasteiger partial charge in [0, 0.05) is 0 Å². The van der Waals surface area contributed by atoms with E-state index in [2.05, 4.69) is 10.3 Å². The number of amides is 1. The number of nitrogens with one attached hydrogen (secondary N) is 1. The highest BCUT2D eigenvalue weighted by molar-refractivity contribution is 8.18. The van der Waals surface area contributed by atoms with E-state index in [1.807, 2.05) is 0 Å². The molecule has 1 heterocycles. The average molecular weight is 332 g/mol. The Kier molecular flexibility index (Phi) is 4.38. The van der Waals surface area contributed by atoms with Crippen molar-refractivity contribution in [3.8, 4) is 5.75 Å². The first-order valence-corrected chi connectivity index (χ1v) is 8.19. The summed E-state index contributed by atoms with van der Waals surface area (Å²) in [4.78, 5) is 27.9. The summed E-state index contributed by atoms with van der Waals surface area (Å²) in [5.41, 5.74) is 0.395. The van der Waals surface area contributed by atoms with Crippen molar-refractivity contribution in [2.45, 2.75) is 31.7 Å². The molecule has 0 spiro atoms. The van der Waals surface area contributed by atoms with Crippen molar-refractivity contribution in [3.05, 3.63) is 34.2 Å². The van der Waals surface area contributed by atoms with Gasteiger partial charge in [-0.25, -0.2) is 4.79 Å². The number of carbonyl (C=O) groups is 2. The number of carboxylic acid groups (broad SMARTS) is 1. The number of thioether (sulfide) groups is 1. The van der Waals surface area contributed by atoms with Gasteiger partial charge in [-0.3, -0.25) is 9.79 Å². The summed E-state index contributed by atoms with van der Waals surface area (Å²) in [6.45, 7) is 0. The van der Waals surface area contributed by atoms with Crippen LogP contribution in [0.5, 0.6) is 5.75 Å². The van der Waals surface area contributed by atoms with Gasteiger partial charge in [-0.1, -0.05) is 18.9 Å². The first-order valence-electron chi connectivity index (χ1n) is 7.38. The Labute approximate surface area is 137 Å². The third-order valence-corrected chi connectivity index (χ3v) is 4.75. The molecule has 2 aliphatic rings. The monoisotopic (exact) mass is 332 g/mol. The SMILES string of the molecule is O=C1NC(=NC2CCCC2)S/C1=C/c1ccc(C(=O)O)c(O)c1. The highest BCUT2D eigenvalue weighted by Gasteiger charge is 2.25. The Morgan fingerprint density at radius 1 is 1.35 bits per heavy atom. The zero-order valence-electron chi connectivity index (χ0n) is 12.3. The fourth-order valence-corrected chi connectivity index (χ4v) is 3.55. The van der Waals surface area contributed by atoms with Crippen LogP contribution in [0.1, 0.15) is 41.6 Å². The molecule has 23 heavy (non-hydrogen) atoms. The number of benzene rings is 1. The average Bonchev–Trinajstić information content (AvgIpc) is 3.10. The van der Waals surface area contributed by atoms with E-state index in [-0.39, 0.29) is 23.3 Å². The number of aliphatic imine (C=N–C) groups is 1. The fourth-order valence-electron chi connectivity index (χ4n) is 2.66. The number of aromatic hydroxyl groups is 1. The van der Waals surface area contributed by atoms with Crippen molar-refractivity contribution in [2.75, 3.05) is 0 Å². The molecule has 1 saturated heterocycles. The largest absolute Gasteiger partial charge is 0.507 e. The molecule has 1 aromatic carbocycles. The molecule has 1 aromatic rings. The van der Waals surface area contributed by atoms with Gasteiger partial charge >= 0.3 is 5.97 Å². The number of rotatable bonds is 3. The predicted octanol–water partition coefficient (Wildman–Crippen LogP) is 2.59. The van der Waals surface area contributed by atoms with Gasteiger partial charge in [-0.15, -0.1) is 0 Å². The molecular formula is C16H16N2O4S. The van der Waals surface area contributed by atoms with E-state index in [9.17, 15) is 14.7 Å². The summed E-state index contributed by atoms with van der Waals surface area (Å²) in [5, 5.41) is 22.0. The van der Waals surface area contributed by atoms with Crippen LogP contribution in [0.2, 0.25) is 0 Å². The lowest BCUT2D eigenvalue weighted by molar-refractivity contribution is -0.115. The van der Waals surface area contributed by atoms with E-state index in [4.69, 9.17) is 5.11 Å². The van der Waals surface area contributed by atoms with E-state index in [0.717, 1.165) is 12.8 Å². The number of hydrogen-bond acceptors (Lipinski definition) is 5. The van der Waals surface area contributed by atoms with Crippen LogP contribution in [0.4, 0.5) is 0 Å². The number of amidine groups is 1. The third-order valence-electron chi connectivity index (χ3n) is 3.83. The molecule has 1 aliphatic heterocycles. The van der Waals surface area contributed by atoms with Crippen LogP contribution < -0.4 is 5.32 Å². The maximum atomic E-state index is 12.0. The Morgan fingerprint density at radius 2 is 2.09 bits per heavy atom. The van der Waals surface area contributed by atoms with E-state index in [1.54, 1.807) is 12.1 Å². The van der Waals surface area contributed by atoms with Crippen LogP contribution in [-0.4, -0.2) is 33.3 Å². The topological polar surface area (TPSA) is 99.0 Å². The molecule has 1 amide bonds. The highest BCUT2D eigenvalue weighted by Crippen LogP contribution is 2.30. The lowest BCUT2D eigenvalue weighted by Crippen LogP contribution is -2.21. The quantitative estimate of drug-likeness (QED) is 0.739. The lowest BCUT2D eigenvalue weighted by Gasteiger charge is -2.02. The van der Waals surface area contributed by atoms with E-state index in [0.29, 0.717) is 15.6 Å². The van der Waals surface area contributed by atoms with Crippen LogP contribution in [0, 0.1) is 0 Å². The van der Waals surface area contributed by atoms with Crippen molar-refractivity contribution in [3.63, 3.8) is 0 Å². The number of hydrogen-bond donors (Lipinski definition) is 3. The first kappa shape index (κ1) is 15.6. The Hall–Kier alpha value is -2.28. The van der Waals surface area contributed by atoms with Crippen LogP contribution in [0.15, 0.2) is 28.1 Å². The minimum absolute atomic E-state index is 0.167.